The van der Waals surface area contributed by atoms with Crippen molar-refractivity contribution in [2.75, 3.05) is 19.6 Å². The summed E-state index contributed by atoms with van der Waals surface area (Å²) in [6.45, 7) is 5.93. The van der Waals surface area contributed by atoms with Gasteiger partial charge in [-0.3, -0.25) is 4.90 Å². The minimum absolute atomic E-state index is 0.771. The Hall–Kier alpha value is -0.0800. The molecule has 2 rings (SSSR count). The summed E-state index contributed by atoms with van der Waals surface area (Å²) in [6.07, 6.45) is 11.2. The van der Waals surface area contributed by atoms with Gasteiger partial charge >= 0.3 is 0 Å². The Balaban J connectivity index is 1.96. The van der Waals surface area contributed by atoms with Crippen molar-refractivity contribution in [3.8, 4) is 0 Å². The molecule has 17 heavy (non-hydrogen) atoms. The van der Waals surface area contributed by atoms with Crippen LogP contribution in [-0.4, -0.2) is 30.6 Å². The molecule has 0 aromatic heterocycles. The van der Waals surface area contributed by atoms with Crippen molar-refractivity contribution in [3.05, 3.63) is 0 Å². The van der Waals surface area contributed by atoms with E-state index in [0.29, 0.717) is 0 Å². The molecule has 100 valence electrons. The highest BCUT2D eigenvalue weighted by molar-refractivity contribution is 4.85. The third-order valence-electron chi connectivity index (χ3n) is 5.02. The molecule has 0 amide bonds. The van der Waals surface area contributed by atoms with Crippen molar-refractivity contribution in [3.63, 3.8) is 0 Å². The van der Waals surface area contributed by atoms with E-state index in [1.807, 2.05) is 0 Å². The molecule has 2 fully saturated rings. The molecule has 1 aliphatic carbocycles. The van der Waals surface area contributed by atoms with Gasteiger partial charge in [0.2, 0.25) is 0 Å². The Morgan fingerprint density at radius 3 is 2.65 bits per heavy atom. The number of nitrogens with zero attached hydrogens (tertiary/aromatic N) is 1. The predicted octanol–water partition coefficient (Wildman–Crippen LogP) is 3.02. The van der Waals surface area contributed by atoms with Gasteiger partial charge in [-0.15, -0.1) is 0 Å². The highest BCUT2D eigenvalue weighted by atomic mass is 15.2. The van der Waals surface area contributed by atoms with Crippen molar-refractivity contribution in [2.24, 2.45) is 17.6 Å². The lowest BCUT2D eigenvalue weighted by atomic mass is 9.88. The summed E-state index contributed by atoms with van der Waals surface area (Å²) in [4.78, 5) is 2.79. The molecule has 1 aliphatic heterocycles. The summed E-state index contributed by atoms with van der Waals surface area (Å²) >= 11 is 0. The fourth-order valence-electron chi connectivity index (χ4n) is 3.85. The molecule has 3 atom stereocenters. The summed E-state index contributed by atoms with van der Waals surface area (Å²) < 4.78 is 0. The number of piperidine rings is 1. The van der Waals surface area contributed by atoms with Gasteiger partial charge in [-0.2, -0.15) is 0 Å². The van der Waals surface area contributed by atoms with Crippen LogP contribution in [0.25, 0.3) is 0 Å². The zero-order valence-corrected chi connectivity index (χ0v) is 11.5. The maximum absolute atomic E-state index is 6.01. The van der Waals surface area contributed by atoms with Gasteiger partial charge in [0.15, 0.2) is 0 Å². The van der Waals surface area contributed by atoms with Crippen LogP contribution in [0.2, 0.25) is 0 Å². The summed E-state index contributed by atoms with van der Waals surface area (Å²) in [7, 11) is 0. The first-order chi connectivity index (χ1) is 8.35. The van der Waals surface area contributed by atoms with E-state index in [1.165, 1.54) is 64.5 Å². The molecule has 2 N–H and O–H groups in total. The van der Waals surface area contributed by atoms with Crippen LogP contribution >= 0.6 is 0 Å². The predicted molar refractivity (Wildman–Crippen MR) is 74.0 cm³/mol. The molecule has 0 spiro atoms. The maximum atomic E-state index is 6.01. The molecule has 1 heterocycles. The molecule has 1 saturated heterocycles. The second-order valence-electron chi connectivity index (χ2n) is 6.11. The average Bonchev–Trinajstić information content (AvgIpc) is 2.63. The lowest BCUT2D eigenvalue weighted by Gasteiger charge is -2.41. The first-order valence-electron chi connectivity index (χ1n) is 7.79. The Morgan fingerprint density at radius 1 is 1.06 bits per heavy atom. The molecule has 2 heteroatoms. The van der Waals surface area contributed by atoms with Crippen LogP contribution in [0.15, 0.2) is 0 Å². The molecule has 0 radical (unpaired) electrons. The minimum atomic E-state index is 0.771. The van der Waals surface area contributed by atoms with E-state index >= 15 is 0 Å². The number of nitrogens with two attached hydrogens (primary N) is 1. The number of likely N-dealkylation sites (tertiary alicyclic amines) is 1. The average molecular weight is 238 g/mol. The SMILES string of the molecule is CCC1CCCN(C2CCCCCC2CN)C1. The van der Waals surface area contributed by atoms with Crippen molar-refractivity contribution in [1.82, 2.24) is 4.90 Å². The van der Waals surface area contributed by atoms with E-state index in [9.17, 15) is 0 Å². The quantitative estimate of drug-likeness (QED) is 0.766. The summed E-state index contributed by atoms with van der Waals surface area (Å²) in [5, 5.41) is 0. The zero-order valence-electron chi connectivity index (χ0n) is 11.5. The summed E-state index contributed by atoms with van der Waals surface area (Å²) in [5.74, 6) is 1.72. The van der Waals surface area contributed by atoms with Gasteiger partial charge in [-0.05, 0) is 50.6 Å². The Labute approximate surface area is 107 Å². The fraction of sp³-hybridized carbons (Fsp3) is 1.00. The first kappa shape index (κ1) is 13.4. The number of rotatable bonds is 3. The van der Waals surface area contributed by atoms with Gasteiger partial charge in [-0.1, -0.05) is 32.6 Å². The van der Waals surface area contributed by atoms with Crippen LogP contribution < -0.4 is 5.73 Å². The molecular formula is C15H30N2. The van der Waals surface area contributed by atoms with E-state index in [1.54, 1.807) is 0 Å². The Kier molecular flexibility index (Phi) is 5.30. The van der Waals surface area contributed by atoms with Crippen LogP contribution in [0.5, 0.6) is 0 Å². The van der Waals surface area contributed by atoms with Crippen molar-refractivity contribution in [1.29, 1.82) is 0 Å². The lowest BCUT2D eigenvalue weighted by Crippen LogP contribution is -2.47. The van der Waals surface area contributed by atoms with Crippen LogP contribution in [0.3, 0.4) is 0 Å². The van der Waals surface area contributed by atoms with Gasteiger partial charge in [0, 0.05) is 12.6 Å². The van der Waals surface area contributed by atoms with E-state index in [4.69, 9.17) is 5.73 Å². The van der Waals surface area contributed by atoms with E-state index < -0.39 is 0 Å². The molecular weight excluding hydrogens is 208 g/mol. The summed E-state index contributed by atoms with van der Waals surface area (Å²) in [5.41, 5.74) is 6.01. The normalized spacial score (nSPS) is 36.7. The maximum Gasteiger partial charge on any atom is 0.0136 e. The Morgan fingerprint density at radius 2 is 1.88 bits per heavy atom. The topological polar surface area (TPSA) is 29.3 Å². The standard InChI is InChI=1S/C15H30N2/c1-2-13-7-6-10-17(12-13)15-9-5-3-4-8-14(15)11-16/h13-15H,2-12,16H2,1H3. The lowest BCUT2D eigenvalue weighted by molar-refractivity contribution is 0.0822. The number of hydrogen-bond donors (Lipinski definition) is 1. The number of hydrogen-bond acceptors (Lipinski definition) is 2. The van der Waals surface area contributed by atoms with E-state index in [2.05, 4.69) is 11.8 Å². The largest absolute Gasteiger partial charge is 0.330 e. The third kappa shape index (κ3) is 3.45. The highest BCUT2D eigenvalue weighted by Crippen LogP contribution is 2.30. The molecule has 2 nitrogen and oxygen atoms in total. The van der Waals surface area contributed by atoms with Gasteiger partial charge in [-0.25, -0.2) is 0 Å². The molecule has 0 bridgehead atoms. The van der Waals surface area contributed by atoms with E-state index in [0.717, 1.165) is 24.4 Å². The van der Waals surface area contributed by atoms with Crippen LogP contribution in [0.4, 0.5) is 0 Å². The fourth-order valence-corrected chi connectivity index (χ4v) is 3.85. The van der Waals surface area contributed by atoms with Crippen molar-refractivity contribution >= 4 is 0 Å². The van der Waals surface area contributed by atoms with Crippen molar-refractivity contribution < 1.29 is 0 Å². The molecule has 2 aliphatic rings. The molecule has 0 aromatic rings. The van der Waals surface area contributed by atoms with Gasteiger partial charge in [0.1, 0.15) is 0 Å². The van der Waals surface area contributed by atoms with Gasteiger partial charge in [0.25, 0.3) is 0 Å². The van der Waals surface area contributed by atoms with Crippen LogP contribution in [0, 0.1) is 11.8 Å². The second-order valence-corrected chi connectivity index (χ2v) is 6.11. The Bertz CT molecular complexity index is 217. The first-order valence-corrected chi connectivity index (χ1v) is 7.79. The van der Waals surface area contributed by atoms with Crippen LogP contribution in [-0.2, 0) is 0 Å². The third-order valence-corrected chi connectivity index (χ3v) is 5.02. The second kappa shape index (κ2) is 6.75. The van der Waals surface area contributed by atoms with Gasteiger partial charge < -0.3 is 5.73 Å². The highest BCUT2D eigenvalue weighted by Gasteiger charge is 2.30. The monoisotopic (exact) mass is 238 g/mol. The van der Waals surface area contributed by atoms with Gasteiger partial charge in [0.05, 0.1) is 0 Å². The molecule has 1 saturated carbocycles. The minimum Gasteiger partial charge on any atom is -0.330 e. The van der Waals surface area contributed by atoms with Crippen LogP contribution in [0.1, 0.15) is 58.3 Å². The van der Waals surface area contributed by atoms with Crippen molar-refractivity contribution in [2.45, 2.75) is 64.3 Å². The summed E-state index contributed by atoms with van der Waals surface area (Å²) in [6, 6.07) is 0.803. The molecule has 0 aromatic carbocycles. The van der Waals surface area contributed by atoms with E-state index in [-0.39, 0.29) is 0 Å². The zero-order chi connectivity index (χ0) is 12.1. The smallest absolute Gasteiger partial charge is 0.0136 e. The molecule has 3 unspecified atom stereocenters.